The summed E-state index contributed by atoms with van der Waals surface area (Å²) in [5.41, 5.74) is 2.82. The molecule has 4 rings (SSSR count). The molecule has 1 N–H and O–H groups in total. The van der Waals surface area contributed by atoms with Crippen LogP contribution in [0.4, 0.5) is 11.4 Å². The summed E-state index contributed by atoms with van der Waals surface area (Å²) >= 11 is 3.48. The molecule has 0 bridgehead atoms. The third kappa shape index (κ3) is 3.49. The minimum absolute atomic E-state index is 0.0693. The summed E-state index contributed by atoms with van der Waals surface area (Å²) in [6, 6.07) is 18.1. The van der Waals surface area contributed by atoms with E-state index in [1.54, 1.807) is 18.2 Å². The quantitative estimate of drug-likeness (QED) is 0.339. The molecule has 0 saturated carbocycles. The smallest absolute Gasteiger partial charge is 0.269 e. The van der Waals surface area contributed by atoms with E-state index in [0.717, 1.165) is 10.0 Å². The number of anilines is 1. The molecule has 138 valence electrons. The van der Waals surface area contributed by atoms with Gasteiger partial charge in [0, 0.05) is 27.9 Å². The van der Waals surface area contributed by atoms with Gasteiger partial charge >= 0.3 is 0 Å². The van der Waals surface area contributed by atoms with Crippen molar-refractivity contribution in [1.29, 1.82) is 0 Å². The van der Waals surface area contributed by atoms with Crippen LogP contribution in [0.5, 0.6) is 0 Å². The molecule has 28 heavy (non-hydrogen) atoms. The third-order valence-corrected chi connectivity index (χ3v) is 4.78. The van der Waals surface area contributed by atoms with E-state index in [9.17, 15) is 14.9 Å². The monoisotopic (exact) mass is 437 g/mol. The van der Waals surface area contributed by atoms with Crippen molar-refractivity contribution < 1.29 is 14.1 Å². The van der Waals surface area contributed by atoms with E-state index in [2.05, 4.69) is 26.2 Å². The summed E-state index contributed by atoms with van der Waals surface area (Å²) < 4.78 is 6.67. The highest BCUT2D eigenvalue weighted by molar-refractivity contribution is 9.10. The maximum atomic E-state index is 12.4. The number of nitrogens with one attached hydrogen (secondary N) is 1. The maximum Gasteiger partial charge on any atom is 0.269 e. The molecule has 1 aromatic heterocycles. The Balaban J connectivity index is 1.58. The Hall–Kier alpha value is -3.52. The Morgan fingerprint density at radius 3 is 2.54 bits per heavy atom. The normalized spacial score (nSPS) is 10.8. The van der Waals surface area contributed by atoms with Crippen molar-refractivity contribution in [2.75, 3.05) is 5.32 Å². The molecule has 0 aliphatic heterocycles. The fourth-order valence-electron chi connectivity index (χ4n) is 2.69. The number of fused-ring (bicyclic) bond motifs is 1. The van der Waals surface area contributed by atoms with Crippen LogP contribution < -0.4 is 5.32 Å². The summed E-state index contributed by atoms with van der Waals surface area (Å²) in [6.07, 6.45) is 0. The summed E-state index contributed by atoms with van der Waals surface area (Å²) in [4.78, 5) is 27.1. The number of nitro benzene ring substituents is 1. The van der Waals surface area contributed by atoms with Crippen LogP contribution in [0.25, 0.3) is 22.6 Å². The lowest BCUT2D eigenvalue weighted by Gasteiger charge is -2.04. The second kappa shape index (κ2) is 7.24. The van der Waals surface area contributed by atoms with Gasteiger partial charge in [-0.1, -0.05) is 12.1 Å². The highest BCUT2D eigenvalue weighted by Crippen LogP contribution is 2.31. The first kappa shape index (κ1) is 17.9. The number of oxazole rings is 1. The first-order chi connectivity index (χ1) is 13.5. The number of carbonyl (C=O) groups excluding carboxylic acids is 1. The van der Waals surface area contributed by atoms with Gasteiger partial charge in [-0.2, -0.15) is 0 Å². The zero-order chi connectivity index (χ0) is 19.7. The van der Waals surface area contributed by atoms with Crippen molar-refractivity contribution in [1.82, 2.24) is 4.98 Å². The Morgan fingerprint density at radius 1 is 1.07 bits per heavy atom. The van der Waals surface area contributed by atoms with E-state index in [0.29, 0.717) is 28.2 Å². The van der Waals surface area contributed by atoms with Crippen LogP contribution in [-0.2, 0) is 0 Å². The fraction of sp³-hybridized carbons (Fsp3) is 0. The van der Waals surface area contributed by atoms with Gasteiger partial charge in [0.1, 0.15) is 5.52 Å². The lowest BCUT2D eigenvalue weighted by Crippen LogP contribution is -2.11. The van der Waals surface area contributed by atoms with Gasteiger partial charge in [-0.05, 0) is 58.4 Å². The molecule has 0 radical (unpaired) electrons. The molecule has 1 amide bonds. The predicted molar refractivity (Wildman–Crippen MR) is 108 cm³/mol. The lowest BCUT2D eigenvalue weighted by atomic mass is 10.2. The number of nitro groups is 1. The maximum absolute atomic E-state index is 12.4. The molecular weight excluding hydrogens is 426 g/mol. The van der Waals surface area contributed by atoms with Crippen molar-refractivity contribution in [3.05, 3.63) is 86.9 Å². The topological polar surface area (TPSA) is 98.3 Å². The van der Waals surface area contributed by atoms with E-state index in [4.69, 9.17) is 4.42 Å². The van der Waals surface area contributed by atoms with Crippen molar-refractivity contribution in [3.63, 3.8) is 0 Å². The lowest BCUT2D eigenvalue weighted by molar-refractivity contribution is -0.384. The first-order valence-corrected chi connectivity index (χ1v) is 9.02. The van der Waals surface area contributed by atoms with Crippen LogP contribution in [0, 0.1) is 10.1 Å². The number of non-ortho nitro benzene ring substituents is 1. The van der Waals surface area contributed by atoms with Crippen LogP contribution in [-0.4, -0.2) is 15.8 Å². The van der Waals surface area contributed by atoms with Crippen LogP contribution in [0.3, 0.4) is 0 Å². The number of carbonyl (C=O) groups is 1. The molecule has 3 aromatic carbocycles. The molecule has 0 atom stereocenters. The minimum atomic E-state index is -0.511. The number of hydrogen-bond acceptors (Lipinski definition) is 5. The molecule has 1 heterocycles. The molecule has 0 unspecified atom stereocenters. The minimum Gasteiger partial charge on any atom is -0.436 e. The standard InChI is InChI=1S/C20H12BrN3O4/c21-16-4-2-1-3-15(16)20-23-17-11-13(7-10-18(17)28-20)22-19(25)12-5-8-14(9-6-12)24(26)27/h1-11H,(H,22,25). The molecule has 4 aromatic rings. The summed E-state index contributed by atoms with van der Waals surface area (Å²) in [5.74, 6) is 0.102. The average Bonchev–Trinajstić information content (AvgIpc) is 3.11. The molecule has 7 nitrogen and oxygen atoms in total. The van der Waals surface area contributed by atoms with Crippen LogP contribution in [0.15, 0.2) is 75.6 Å². The number of rotatable bonds is 4. The zero-order valence-corrected chi connectivity index (χ0v) is 15.8. The molecule has 0 fully saturated rings. The predicted octanol–water partition coefficient (Wildman–Crippen LogP) is 5.42. The molecule has 0 spiro atoms. The molecule has 0 aliphatic rings. The Morgan fingerprint density at radius 2 is 1.82 bits per heavy atom. The molecule has 0 aliphatic carbocycles. The van der Waals surface area contributed by atoms with Crippen LogP contribution in [0.2, 0.25) is 0 Å². The molecule has 0 saturated heterocycles. The highest BCUT2D eigenvalue weighted by Gasteiger charge is 2.13. The van der Waals surface area contributed by atoms with Crippen molar-refractivity contribution in [3.8, 4) is 11.5 Å². The van der Waals surface area contributed by atoms with Gasteiger partial charge in [0.25, 0.3) is 11.6 Å². The van der Waals surface area contributed by atoms with Crippen LogP contribution in [0.1, 0.15) is 10.4 Å². The number of nitrogens with zero attached hydrogens (tertiary/aromatic N) is 2. The van der Waals surface area contributed by atoms with Gasteiger partial charge < -0.3 is 9.73 Å². The van der Waals surface area contributed by atoms with Crippen molar-refractivity contribution >= 4 is 44.3 Å². The first-order valence-electron chi connectivity index (χ1n) is 8.22. The van der Waals surface area contributed by atoms with Gasteiger partial charge in [-0.25, -0.2) is 4.98 Å². The average molecular weight is 438 g/mol. The number of aromatic nitrogens is 1. The van der Waals surface area contributed by atoms with E-state index in [-0.39, 0.29) is 11.6 Å². The van der Waals surface area contributed by atoms with E-state index in [1.807, 2.05) is 24.3 Å². The molecule has 8 heteroatoms. The van der Waals surface area contributed by atoms with Gasteiger partial charge in [0.15, 0.2) is 5.58 Å². The largest absolute Gasteiger partial charge is 0.436 e. The van der Waals surface area contributed by atoms with E-state index in [1.165, 1.54) is 24.3 Å². The summed E-state index contributed by atoms with van der Waals surface area (Å²) in [6.45, 7) is 0. The number of hydrogen-bond donors (Lipinski definition) is 1. The van der Waals surface area contributed by atoms with E-state index >= 15 is 0 Å². The van der Waals surface area contributed by atoms with Crippen LogP contribution >= 0.6 is 15.9 Å². The van der Waals surface area contributed by atoms with Crippen molar-refractivity contribution in [2.45, 2.75) is 0 Å². The second-order valence-corrected chi connectivity index (χ2v) is 6.79. The second-order valence-electron chi connectivity index (χ2n) is 5.94. The number of benzene rings is 3. The number of halogens is 1. The summed E-state index contributed by atoms with van der Waals surface area (Å²) in [5, 5.41) is 13.5. The highest BCUT2D eigenvalue weighted by atomic mass is 79.9. The van der Waals surface area contributed by atoms with Gasteiger partial charge in [0.2, 0.25) is 5.89 Å². The Kier molecular flexibility index (Phi) is 4.62. The van der Waals surface area contributed by atoms with Gasteiger partial charge in [-0.3, -0.25) is 14.9 Å². The fourth-order valence-corrected chi connectivity index (χ4v) is 3.15. The Labute approximate surface area is 167 Å². The van der Waals surface area contributed by atoms with Gasteiger partial charge in [0.05, 0.1) is 10.5 Å². The molecular formula is C20H12BrN3O4. The van der Waals surface area contributed by atoms with E-state index < -0.39 is 4.92 Å². The number of amides is 1. The Bertz CT molecular complexity index is 1200. The SMILES string of the molecule is O=C(Nc1ccc2oc(-c3ccccc3Br)nc2c1)c1ccc([N+](=O)[O-])cc1. The summed E-state index contributed by atoms with van der Waals surface area (Å²) in [7, 11) is 0. The third-order valence-electron chi connectivity index (χ3n) is 4.09. The van der Waals surface area contributed by atoms with Crippen molar-refractivity contribution in [2.24, 2.45) is 0 Å². The zero-order valence-electron chi connectivity index (χ0n) is 14.3. The van der Waals surface area contributed by atoms with Gasteiger partial charge in [-0.15, -0.1) is 0 Å².